The van der Waals surface area contributed by atoms with Gasteiger partial charge in [0.05, 0.1) is 5.92 Å². The van der Waals surface area contributed by atoms with Crippen LogP contribution >= 0.6 is 0 Å². The number of fused-ring (bicyclic) bond motifs is 1. The summed E-state index contributed by atoms with van der Waals surface area (Å²) in [5.41, 5.74) is 0.913. The molecular weight excluding hydrogens is 278 g/mol. The highest BCUT2D eigenvalue weighted by molar-refractivity contribution is 5.85. The molecule has 0 radical (unpaired) electrons. The van der Waals surface area contributed by atoms with Crippen LogP contribution < -0.4 is 0 Å². The molecule has 2 atom stereocenters. The molecule has 0 bridgehead atoms. The first-order valence-corrected chi connectivity index (χ1v) is 7.78. The van der Waals surface area contributed by atoms with Crippen molar-refractivity contribution in [3.8, 4) is 0 Å². The lowest BCUT2D eigenvalue weighted by Gasteiger charge is -2.27. The number of rotatable bonds is 4. The summed E-state index contributed by atoms with van der Waals surface area (Å²) in [5.74, 6) is -0.334. The molecule has 0 N–H and O–H groups in total. The molecule has 3 rings (SSSR count). The Balaban J connectivity index is 1.99. The van der Waals surface area contributed by atoms with Gasteiger partial charge in [0.25, 0.3) is 0 Å². The first-order chi connectivity index (χ1) is 10.6. The summed E-state index contributed by atoms with van der Waals surface area (Å²) in [4.78, 5) is 23.0. The molecule has 0 aromatic heterocycles. The lowest BCUT2D eigenvalue weighted by molar-refractivity contribution is -0.484. The second kappa shape index (κ2) is 6.26. The lowest BCUT2D eigenvalue weighted by atomic mass is 9.75. The highest BCUT2D eigenvalue weighted by atomic mass is 16.6. The van der Waals surface area contributed by atoms with Crippen LogP contribution in [0.25, 0.3) is 10.8 Å². The van der Waals surface area contributed by atoms with E-state index >= 15 is 0 Å². The quantitative estimate of drug-likeness (QED) is 0.634. The van der Waals surface area contributed by atoms with Gasteiger partial charge in [-0.25, -0.2) is 0 Å². The molecule has 2 aromatic rings. The molecule has 0 saturated heterocycles. The van der Waals surface area contributed by atoms with Crippen molar-refractivity contribution in [2.45, 2.75) is 31.6 Å². The van der Waals surface area contributed by atoms with E-state index < -0.39 is 0 Å². The normalized spacial score (nSPS) is 20.0. The van der Waals surface area contributed by atoms with E-state index in [0.717, 1.165) is 35.6 Å². The fourth-order valence-corrected chi connectivity index (χ4v) is 3.50. The third kappa shape index (κ3) is 3.01. The summed E-state index contributed by atoms with van der Waals surface area (Å²) in [7, 11) is 0. The summed E-state index contributed by atoms with van der Waals surface area (Å²) in [5, 5.41) is 13.3. The zero-order valence-corrected chi connectivity index (χ0v) is 12.4. The lowest BCUT2D eigenvalue weighted by Crippen LogP contribution is -2.30. The SMILES string of the molecule is O=C1CCCC[C@@H]1[C@H](C[N+](=O)[O-])c1ccc2ccccc2c1. The van der Waals surface area contributed by atoms with Crippen molar-refractivity contribution in [3.05, 3.63) is 58.1 Å². The molecule has 1 fully saturated rings. The maximum absolute atomic E-state index is 12.2. The van der Waals surface area contributed by atoms with Crippen molar-refractivity contribution in [1.29, 1.82) is 0 Å². The Labute approximate surface area is 129 Å². The molecule has 1 saturated carbocycles. The minimum atomic E-state index is -0.313. The minimum absolute atomic E-state index is 0.172. The molecule has 22 heavy (non-hydrogen) atoms. The van der Waals surface area contributed by atoms with E-state index in [9.17, 15) is 14.9 Å². The number of nitro groups is 1. The van der Waals surface area contributed by atoms with Crippen molar-refractivity contribution >= 4 is 16.6 Å². The van der Waals surface area contributed by atoms with E-state index in [0.29, 0.717) is 6.42 Å². The zero-order valence-electron chi connectivity index (χ0n) is 12.4. The molecule has 0 amide bonds. The number of Topliss-reactive ketones (excluding diaryl/α,β-unsaturated/α-hetero) is 1. The van der Waals surface area contributed by atoms with Crippen LogP contribution in [-0.2, 0) is 4.79 Å². The number of hydrogen-bond donors (Lipinski definition) is 0. The first kappa shape index (κ1) is 14.7. The first-order valence-electron chi connectivity index (χ1n) is 7.78. The Morgan fingerprint density at radius 3 is 2.64 bits per heavy atom. The van der Waals surface area contributed by atoms with E-state index in [2.05, 4.69) is 0 Å². The van der Waals surface area contributed by atoms with Crippen LogP contribution in [0.3, 0.4) is 0 Å². The van der Waals surface area contributed by atoms with E-state index in [1.807, 2.05) is 42.5 Å². The second-order valence-electron chi connectivity index (χ2n) is 6.05. The van der Waals surface area contributed by atoms with E-state index in [-0.39, 0.29) is 29.1 Å². The highest BCUT2D eigenvalue weighted by Gasteiger charge is 2.34. The van der Waals surface area contributed by atoms with Gasteiger partial charge in [0.2, 0.25) is 6.54 Å². The third-order valence-corrected chi connectivity index (χ3v) is 4.64. The fraction of sp³-hybridized carbons (Fsp3) is 0.389. The number of carbonyl (C=O) groups excluding carboxylic acids is 1. The topological polar surface area (TPSA) is 60.2 Å². The molecule has 4 heteroatoms. The van der Waals surface area contributed by atoms with Crippen molar-refractivity contribution in [2.75, 3.05) is 6.54 Å². The Kier molecular flexibility index (Phi) is 4.18. The molecule has 0 heterocycles. The average molecular weight is 297 g/mol. The van der Waals surface area contributed by atoms with Crippen LogP contribution in [0.5, 0.6) is 0 Å². The van der Waals surface area contributed by atoms with Gasteiger partial charge in [-0.2, -0.15) is 0 Å². The summed E-state index contributed by atoms with van der Waals surface area (Å²) >= 11 is 0. The Bertz CT molecular complexity index is 710. The largest absolute Gasteiger partial charge is 0.299 e. The maximum Gasteiger partial charge on any atom is 0.211 e. The fourth-order valence-electron chi connectivity index (χ4n) is 3.50. The van der Waals surface area contributed by atoms with Crippen LogP contribution in [-0.4, -0.2) is 17.3 Å². The van der Waals surface area contributed by atoms with Gasteiger partial charge in [0.1, 0.15) is 5.78 Å². The maximum atomic E-state index is 12.2. The molecule has 4 nitrogen and oxygen atoms in total. The smallest absolute Gasteiger partial charge is 0.211 e. The predicted molar refractivity (Wildman–Crippen MR) is 85.5 cm³/mol. The van der Waals surface area contributed by atoms with Crippen LogP contribution in [0, 0.1) is 16.0 Å². The highest BCUT2D eigenvalue weighted by Crippen LogP contribution is 2.35. The number of nitrogens with zero attached hydrogens (tertiary/aromatic N) is 1. The van der Waals surface area contributed by atoms with E-state index in [1.54, 1.807) is 0 Å². The average Bonchev–Trinajstić information content (AvgIpc) is 2.53. The third-order valence-electron chi connectivity index (χ3n) is 4.64. The van der Waals surface area contributed by atoms with E-state index in [4.69, 9.17) is 0 Å². The van der Waals surface area contributed by atoms with Gasteiger partial charge in [-0.1, -0.05) is 48.9 Å². The van der Waals surface area contributed by atoms with Crippen LogP contribution in [0.15, 0.2) is 42.5 Å². The van der Waals surface area contributed by atoms with Gasteiger partial charge >= 0.3 is 0 Å². The number of ketones is 1. The molecule has 0 unspecified atom stereocenters. The molecule has 0 spiro atoms. The zero-order chi connectivity index (χ0) is 15.5. The molecule has 1 aliphatic carbocycles. The van der Waals surface area contributed by atoms with E-state index in [1.165, 1.54) is 0 Å². The second-order valence-corrected chi connectivity index (χ2v) is 6.05. The van der Waals surface area contributed by atoms with Crippen LogP contribution in [0.2, 0.25) is 0 Å². The number of benzene rings is 2. The summed E-state index contributed by atoms with van der Waals surface area (Å²) in [6.45, 7) is -0.172. The van der Waals surface area contributed by atoms with Gasteiger partial charge in [0.15, 0.2) is 0 Å². The summed E-state index contributed by atoms with van der Waals surface area (Å²) in [6, 6.07) is 13.9. The minimum Gasteiger partial charge on any atom is -0.299 e. The van der Waals surface area contributed by atoms with Gasteiger partial charge in [0, 0.05) is 17.3 Å². The number of hydrogen-bond acceptors (Lipinski definition) is 3. The molecule has 2 aromatic carbocycles. The van der Waals surface area contributed by atoms with Gasteiger partial charge in [-0.15, -0.1) is 0 Å². The molecule has 1 aliphatic rings. The monoisotopic (exact) mass is 297 g/mol. The Morgan fingerprint density at radius 2 is 1.91 bits per heavy atom. The Hall–Kier alpha value is -2.23. The van der Waals surface area contributed by atoms with Crippen molar-refractivity contribution in [1.82, 2.24) is 0 Å². The van der Waals surface area contributed by atoms with Crippen molar-refractivity contribution < 1.29 is 9.72 Å². The van der Waals surface area contributed by atoms with Gasteiger partial charge in [-0.3, -0.25) is 14.9 Å². The molecule has 114 valence electrons. The number of carbonyl (C=O) groups is 1. The summed E-state index contributed by atoms with van der Waals surface area (Å²) < 4.78 is 0. The van der Waals surface area contributed by atoms with Crippen LogP contribution in [0.4, 0.5) is 0 Å². The van der Waals surface area contributed by atoms with Crippen molar-refractivity contribution in [2.24, 2.45) is 5.92 Å². The van der Waals surface area contributed by atoms with Gasteiger partial charge in [-0.05, 0) is 29.2 Å². The standard InChI is InChI=1S/C18H19NO3/c20-18-8-4-3-7-16(18)17(12-19(21)22)15-10-9-13-5-1-2-6-14(13)11-15/h1-2,5-6,9-11,16-17H,3-4,7-8,12H2/t16-,17-/m1/s1. The summed E-state index contributed by atoms with van der Waals surface area (Å²) in [6.07, 6.45) is 3.23. The van der Waals surface area contributed by atoms with Crippen LogP contribution in [0.1, 0.15) is 37.2 Å². The predicted octanol–water partition coefficient (Wildman–Crippen LogP) is 3.96. The molecular formula is C18H19NO3. The van der Waals surface area contributed by atoms with Crippen molar-refractivity contribution in [3.63, 3.8) is 0 Å². The van der Waals surface area contributed by atoms with Gasteiger partial charge < -0.3 is 0 Å². The Morgan fingerprint density at radius 1 is 1.14 bits per heavy atom. The molecule has 0 aliphatic heterocycles.